The Bertz CT molecular complexity index is 304. The summed E-state index contributed by atoms with van der Waals surface area (Å²) in [5.74, 6) is -6.09. The zero-order chi connectivity index (χ0) is 13.2. The topological polar surface area (TPSA) is 18.5 Å². The smallest absolute Gasteiger partial charge is 0.395 e. The van der Waals surface area contributed by atoms with Crippen LogP contribution in [0.5, 0.6) is 0 Å². The maximum atomic E-state index is 13.5. The van der Waals surface area contributed by atoms with Crippen molar-refractivity contribution in [3.63, 3.8) is 0 Å². The van der Waals surface area contributed by atoms with E-state index in [0.29, 0.717) is 0 Å². The van der Waals surface area contributed by atoms with Crippen molar-refractivity contribution in [2.24, 2.45) is 5.92 Å². The number of alkyl halides is 4. The minimum atomic E-state index is -4.79. The van der Waals surface area contributed by atoms with Crippen LogP contribution in [-0.4, -0.2) is 34.1 Å². The predicted octanol–water partition coefficient (Wildman–Crippen LogP) is 2.67. The number of hydrogen-bond acceptors (Lipinski definition) is 2. The first-order valence-corrected chi connectivity index (χ1v) is 4.76. The molecule has 0 aromatic rings. The lowest BCUT2D eigenvalue weighted by molar-refractivity contribution is -0.196. The average Bonchev–Trinajstić information content (AvgIpc) is 2.22. The van der Waals surface area contributed by atoms with Crippen molar-refractivity contribution in [1.82, 2.24) is 0 Å². The van der Waals surface area contributed by atoms with Gasteiger partial charge in [0.15, 0.2) is 18.7 Å². The molecule has 1 rings (SSSR count). The Morgan fingerprint density at radius 2 is 2.00 bits per heavy atom. The quantitative estimate of drug-likeness (QED) is 0.439. The number of methoxy groups -OCH3 is 1. The lowest BCUT2D eigenvalue weighted by Crippen LogP contribution is -2.38. The van der Waals surface area contributed by atoms with E-state index in [-0.39, 0.29) is 0 Å². The van der Waals surface area contributed by atoms with Crippen molar-refractivity contribution >= 4 is 7.85 Å². The number of halogens is 5. The molecule has 0 aromatic heterocycles. The van der Waals surface area contributed by atoms with Crippen LogP contribution in [0.4, 0.5) is 22.0 Å². The van der Waals surface area contributed by atoms with Crippen molar-refractivity contribution in [3.8, 4) is 0 Å². The van der Waals surface area contributed by atoms with Crippen molar-refractivity contribution in [2.75, 3.05) is 13.9 Å². The fraction of sp³-hybridized carbons (Fsp3) is 0.778. The molecule has 0 bridgehead atoms. The third-order valence-electron chi connectivity index (χ3n) is 2.43. The van der Waals surface area contributed by atoms with Gasteiger partial charge < -0.3 is 9.47 Å². The Kier molecular flexibility index (Phi) is 4.40. The van der Waals surface area contributed by atoms with Crippen molar-refractivity contribution in [3.05, 3.63) is 11.6 Å². The molecule has 3 atom stereocenters. The molecule has 1 aliphatic carbocycles. The highest BCUT2D eigenvalue weighted by molar-refractivity contribution is 6.13. The summed E-state index contributed by atoms with van der Waals surface area (Å²) in [4.78, 5) is 0. The van der Waals surface area contributed by atoms with Crippen molar-refractivity contribution < 1.29 is 31.4 Å². The van der Waals surface area contributed by atoms with Gasteiger partial charge in [-0.15, -0.1) is 0 Å². The lowest BCUT2D eigenvalue weighted by Gasteiger charge is -2.32. The molecule has 0 saturated carbocycles. The molecular weight excluding hydrogens is 246 g/mol. The Hall–Kier alpha value is -0.785. The fourth-order valence-electron chi connectivity index (χ4n) is 1.56. The van der Waals surface area contributed by atoms with Crippen LogP contribution in [0.25, 0.3) is 0 Å². The molecule has 0 N–H and O–H groups in total. The van der Waals surface area contributed by atoms with E-state index >= 15 is 0 Å². The number of ether oxygens (including phenoxy) is 2. The summed E-state index contributed by atoms with van der Waals surface area (Å²) in [7, 11) is 6.35. The van der Waals surface area contributed by atoms with Gasteiger partial charge in [0.2, 0.25) is 0 Å². The van der Waals surface area contributed by atoms with E-state index in [1.54, 1.807) is 0 Å². The number of hydrogen-bond donors (Lipinski definition) is 0. The Labute approximate surface area is 96.2 Å². The molecule has 1 aliphatic rings. The lowest BCUT2D eigenvalue weighted by atomic mass is 9.72. The van der Waals surface area contributed by atoms with Crippen LogP contribution in [0, 0.1) is 5.92 Å². The van der Waals surface area contributed by atoms with E-state index in [9.17, 15) is 22.0 Å². The monoisotopic (exact) mass is 256 g/mol. The van der Waals surface area contributed by atoms with Crippen LogP contribution in [0.3, 0.4) is 0 Å². The molecule has 17 heavy (non-hydrogen) atoms. The summed E-state index contributed by atoms with van der Waals surface area (Å²) in [5, 5.41) is 0. The number of allylic oxidation sites excluding steroid dienone is 2. The van der Waals surface area contributed by atoms with E-state index in [4.69, 9.17) is 7.85 Å². The van der Waals surface area contributed by atoms with Crippen LogP contribution in [0.1, 0.15) is 6.42 Å². The third kappa shape index (κ3) is 3.11. The van der Waals surface area contributed by atoms with Crippen molar-refractivity contribution in [2.45, 2.75) is 24.6 Å². The van der Waals surface area contributed by atoms with E-state index in [1.165, 1.54) is 7.11 Å². The summed E-state index contributed by atoms with van der Waals surface area (Å²) >= 11 is 0. The standard InChI is InChI=1S/C9H10BF5O2/c1-16-3-17-8-6(11)4(9(13,14)15)2-5(10)7(8)12/h4-6H,2-3H2,1H3. The van der Waals surface area contributed by atoms with Gasteiger partial charge in [-0.2, -0.15) is 13.2 Å². The Morgan fingerprint density at radius 1 is 1.41 bits per heavy atom. The molecular formula is C9H10BF5O2. The molecule has 0 fully saturated rings. The van der Waals surface area contributed by atoms with Gasteiger partial charge in [-0.1, -0.05) is 0 Å². The van der Waals surface area contributed by atoms with E-state index in [2.05, 4.69) is 9.47 Å². The summed E-state index contributed by atoms with van der Waals surface area (Å²) in [6.45, 7) is -0.541. The minimum Gasteiger partial charge on any atom is -0.466 e. The van der Waals surface area contributed by atoms with Gasteiger partial charge in [0.05, 0.1) is 13.8 Å². The third-order valence-corrected chi connectivity index (χ3v) is 2.43. The molecule has 2 radical (unpaired) electrons. The predicted molar refractivity (Wildman–Crippen MR) is 49.7 cm³/mol. The van der Waals surface area contributed by atoms with Gasteiger partial charge >= 0.3 is 6.18 Å². The van der Waals surface area contributed by atoms with Crippen molar-refractivity contribution in [1.29, 1.82) is 0 Å². The fourth-order valence-corrected chi connectivity index (χ4v) is 1.56. The second kappa shape index (κ2) is 5.24. The van der Waals surface area contributed by atoms with Gasteiger partial charge in [0.1, 0.15) is 5.83 Å². The van der Waals surface area contributed by atoms with Gasteiger partial charge in [-0.25, -0.2) is 8.78 Å². The molecule has 96 valence electrons. The van der Waals surface area contributed by atoms with Gasteiger partial charge in [0, 0.05) is 7.11 Å². The molecule has 0 saturated heterocycles. The van der Waals surface area contributed by atoms with Crippen LogP contribution in [-0.2, 0) is 9.47 Å². The minimum absolute atomic E-state index is 0.541. The summed E-state index contributed by atoms with van der Waals surface area (Å²) in [5.41, 5.74) is 0. The van der Waals surface area contributed by atoms with E-state index in [1.807, 2.05) is 0 Å². The van der Waals surface area contributed by atoms with Crippen LogP contribution in [0.2, 0.25) is 5.82 Å². The largest absolute Gasteiger partial charge is 0.466 e. The SMILES string of the molecule is [B]C1CC(C(F)(F)F)C(F)C(OCOC)=C1F. The van der Waals surface area contributed by atoms with Gasteiger partial charge in [-0.3, -0.25) is 0 Å². The molecule has 0 amide bonds. The first kappa shape index (κ1) is 14.3. The molecule has 0 spiro atoms. The highest BCUT2D eigenvalue weighted by atomic mass is 19.4. The zero-order valence-electron chi connectivity index (χ0n) is 8.93. The Balaban J connectivity index is 2.94. The van der Waals surface area contributed by atoms with Gasteiger partial charge in [0.25, 0.3) is 0 Å². The number of rotatable bonds is 3. The molecule has 2 nitrogen and oxygen atoms in total. The molecule has 0 aliphatic heterocycles. The zero-order valence-corrected chi connectivity index (χ0v) is 8.93. The van der Waals surface area contributed by atoms with Crippen LogP contribution >= 0.6 is 0 Å². The normalized spacial score (nSPS) is 30.6. The Morgan fingerprint density at radius 3 is 2.47 bits per heavy atom. The highest BCUT2D eigenvalue weighted by Crippen LogP contribution is 2.46. The first-order valence-electron chi connectivity index (χ1n) is 4.76. The van der Waals surface area contributed by atoms with E-state index < -0.39 is 48.9 Å². The second-order valence-electron chi connectivity index (χ2n) is 3.66. The van der Waals surface area contributed by atoms with Crippen LogP contribution < -0.4 is 0 Å². The summed E-state index contributed by atoms with van der Waals surface area (Å²) in [6, 6.07) is 0. The molecule has 0 aromatic carbocycles. The molecule has 0 heterocycles. The maximum absolute atomic E-state index is 13.5. The van der Waals surface area contributed by atoms with Gasteiger partial charge in [-0.05, 0) is 12.2 Å². The first-order chi connectivity index (χ1) is 7.79. The molecule has 3 unspecified atom stereocenters. The average molecular weight is 256 g/mol. The highest BCUT2D eigenvalue weighted by Gasteiger charge is 2.51. The van der Waals surface area contributed by atoms with Crippen LogP contribution in [0.15, 0.2) is 11.6 Å². The maximum Gasteiger partial charge on any atom is 0.395 e. The van der Waals surface area contributed by atoms with E-state index in [0.717, 1.165) is 0 Å². The summed E-state index contributed by atoms with van der Waals surface area (Å²) in [6.07, 6.45) is -8.22. The molecule has 8 heteroatoms. The second-order valence-corrected chi connectivity index (χ2v) is 3.66. The summed E-state index contributed by atoms with van der Waals surface area (Å²) < 4.78 is 73.1.